The topological polar surface area (TPSA) is 49.3 Å². The van der Waals surface area contributed by atoms with Gasteiger partial charge in [-0.3, -0.25) is 4.79 Å². The summed E-state index contributed by atoms with van der Waals surface area (Å²) in [5.41, 5.74) is 0. The molecule has 5 heteroatoms. The molecule has 0 saturated carbocycles. The molecule has 1 rings (SSSR count). The zero-order valence-electron chi connectivity index (χ0n) is 8.33. The van der Waals surface area contributed by atoms with Gasteiger partial charge in [-0.05, 0) is 40.9 Å². The number of aliphatic hydroxyl groups is 1. The Kier molecular flexibility index (Phi) is 5.90. The molecule has 0 bridgehead atoms. The molecule has 0 radical (unpaired) electrons. The molecule has 0 aromatic carbocycles. The SMILES string of the molecule is O=C(CCCO)NCCc1ccc(Br)s1. The van der Waals surface area contributed by atoms with Crippen LogP contribution in [0.3, 0.4) is 0 Å². The number of carbonyl (C=O) groups is 1. The van der Waals surface area contributed by atoms with Crippen molar-refractivity contribution in [2.24, 2.45) is 0 Å². The van der Waals surface area contributed by atoms with Gasteiger partial charge in [0.05, 0.1) is 3.79 Å². The molecule has 0 saturated heterocycles. The summed E-state index contributed by atoms with van der Waals surface area (Å²) in [5, 5.41) is 11.4. The highest BCUT2D eigenvalue weighted by Crippen LogP contribution is 2.21. The van der Waals surface area contributed by atoms with E-state index in [0.717, 1.165) is 10.2 Å². The Hall–Kier alpha value is -0.390. The molecule has 1 aromatic rings. The van der Waals surface area contributed by atoms with Crippen molar-refractivity contribution in [2.45, 2.75) is 19.3 Å². The van der Waals surface area contributed by atoms with E-state index in [2.05, 4.69) is 27.3 Å². The smallest absolute Gasteiger partial charge is 0.220 e. The minimum absolute atomic E-state index is 0.0136. The van der Waals surface area contributed by atoms with Crippen molar-refractivity contribution in [1.29, 1.82) is 0 Å². The number of thiophene rings is 1. The number of nitrogens with one attached hydrogen (secondary N) is 1. The Morgan fingerprint density at radius 3 is 2.93 bits per heavy atom. The van der Waals surface area contributed by atoms with Gasteiger partial charge in [0, 0.05) is 24.4 Å². The molecule has 15 heavy (non-hydrogen) atoms. The second kappa shape index (κ2) is 6.98. The summed E-state index contributed by atoms with van der Waals surface area (Å²) in [4.78, 5) is 12.4. The first kappa shape index (κ1) is 12.7. The maximum Gasteiger partial charge on any atom is 0.220 e. The Labute approximate surface area is 102 Å². The quantitative estimate of drug-likeness (QED) is 0.842. The normalized spacial score (nSPS) is 10.3. The minimum Gasteiger partial charge on any atom is -0.396 e. The van der Waals surface area contributed by atoms with Crippen LogP contribution in [0, 0.1) is 0 Å². The number of halogens is 1. The molecule has 0 aliphatic rings. The molecule has 1 aromatic heterocycles. The van der Waals surface area contributed by atoms with E-state index in [4.69, 9.17) is 5.11 Å². The summed E-state index contributed by atoms with van der Waals surface area (Å²) < 4.78 is 1.11. The zero-order chi connectivity index (χ0) is 11.1. The van der Waals surface area contributed by atoms with Crippen LogP contribution < -0.4 is 5.32 Å². The molecular weight excluding hydrogens is 278 g/mol. The number of carbonyl (C=O) groups excluding carboxylic acids is 1. The van der Waals surface area contributed by atoms with Gasteiger partial charge >= 0.3 is 0 Å². The van der Waals surface area contributed by atoms with Gasteiger partial charge in [0.2, 0.25) is 5.91 Å². The van der Waals surface area contributed by atoms with Crippen molar-refractivity contribution in [2.75, 3.05) is 13.2 Å². The molecule has 1 amide bonds. The van der Waals surface area contributed by atoms with E-state index in [1.165, 1.54) is 4.88 Å². The molecule has 0 fully saturated rings. The van der Waals surface area contributed by atoms with Crippen molar-refractivity contribution >= 4 is 33.2 Å². The molecule has 84 valence electrons. The lowest BCUT2D eigenvalue weighted by atomic mass is 10.3. The summed E-state index contributed by atoms with van der Waals surface area (Å²) in [5.74, 6) is 0.0136. The highest BCUT2D eigenvalue weighted by molar-refractivity contribution is 9.11. The van der Waals surface area contributed by atoms with Crippen LogP contribution in [0.1, 0.15) is 17.7 Å². The summed E-state index contributed by atoms with van der Waals surface area (Å²) in [6.07, 6.45) is 1.81. The number of aliphatic hydroxyl groups excluding tert-OH is 1. The predicted octanol–water partition coefficient (Wildman–Crippen LogP) is 1.94. The van der Waals surface area contributed by atoms with Crippen molar-refractivity contribution in [3.05, 3.63) is 20.8 Å². The van der Waals surface area contributed by atoms with Crippen molar-refractivity contribution in [3.63, 3.8) is 0 Å². The number of hydrogen-bond donors (Lipinski definition) is 2. The highest BCUT2D eigenvalue weighted by atomic mass is 79.9. The van der Waals surface area contributed by atoms with Crippen molar-refractivity contribution in [3.8, 4) is 0 Å². The lowest BCUT2D eigenvalue weighted by molar-refractivity contribution is -0.121. The third kappa shape index (κ3) is 5.30. The molecular formula is C10H14BrNO2S. The fraction of sp³-hybridized carbons (Fsp3) is 0.500. The average molecular weight is 292 g/mol. The van der Waals surface area contributed by atoms with Crippen molar-refractivity contribution < 1.29 is 9.90 Å². The molecule has 2 N–H and O–H groups in total. The van der Waals surface area contributed by atoms with Gasteiger partial charge in [-0.15, -0.1) is 11.3 Å². The Morgan fingerprint density at radius 2 is 2.33 bits per heavy atom. The van der Waals surface area contributed by atoms with Crippen molar-refractivity contribution in [1.82, 2.24) is 5.32 Å². The lowest BCUT2D eigenvalue weighted by Crippen LogP contribution is -2.25. The highest BCUT2D eigenvalue weighted by Gasteiger charge is 2.01. The second-order valence-corrected chi connectivity index (χ2v) is 5.68. The van der Waals surface area contributed by atoms with Crippen LogP contribution in [0.25, 0.3) is 0 Å². The second-order valence-electron chi connectivity index (χ2n) is 3.13. The van der Waals surface area contributed by atoms with E-state index in [1.807, 2.05) is 6.07 Å². The third-order valence-electron chi connectivity index (χ3n) is 1.88. The average Bonchev–Trinajstić information content (AvgIpc) is 2.61. The molecule has 0 spiro atoms. The summed E-state index contributed by atoms with van der Waals surface area (Å²) in [6.45, 7) is 0.739. The van der Waals surface area contributed by atoms with E-state index in [1.54, 1.807) is 11.3 Å². The van der Waals surface area contributed by atoms with Gasteiger partial charge in [-0.25, -0.2) is 0 Å². The summed E-state index contributed by atoms with van der Waals surface area (Å²) in [7, 11) is 0. The lowest BCUT2D eigenvalue weighted by Gasteiger charge is -2.02. The van der Waals surface area contributed by atoms with Gasteiger partial charge in [-0.1, -0.05) is 0 Å². The Morgan fingerprint density at radius 1 is 1.53 bits per heavy atom. The largest absolute Gasteiger partial charge is 0.396 e. The molecule has 1 heterocycles. The number of amides is 1. The minimum atomic E-state index is 0.0136. The van der Waals surface area contributed by atoms with Crippen LogP contribution in [0.2, 0.25) is 0 Å². The molecule has 0 atom stereocenters. The zero-order valence-corrected chi connectivity index (χ0v) is 10.7. The first-order valence-corrected chi connectivity index (χ1v) is 6.45. The first-order valence-electron chi connectivity index (χ1n) is 4.84. The van der Waals surface area contributed by atoms with Crippen LogP contribution in [-0.2, 0) is 11.2 Å². The Balaban J connectivity index is 2.13. The summed E-state index contributed by atoms with van der Waals surface area (Å²) in [6, 6.07) is 4.06. The molecule has 0 aliphatic carbocycles. The fourth-order valence-corrected chi connectivity index (χ4v) is 2.62. The maximum absolute atomic E-state index is 11.2. The van der Waals surface area contributed by atoms with Gasteiger partial charge in [0.15, 0.2) is 0 Å². The number of rotatable bonds is 6. The Bertz CT molecular complexity index is 314. The van der Waals surface area contributed by atoms with Gasteiger partial charge < -0.3 is 10.4 Å². The number of hydrogen-bond acceptors (Lipinski definition) is 3. The molecule has 0 unspecified atom stereocenters. The van der Waals surface area contributed by atoms with Gasteiger partial charge in [0.25, 0.3) is 0 Å². The van der Waals surface area contributed by atoms with Crippen LogP contribution in [-0.4, -0.2) is 24.2 Å². The van der Waals surface area contributed by atoms with Gasteiger partial charge in [-0.2, -0.15) is 0 Å². The maximum atomic E-state index is 11.2. The van der Waals surface area contributed by atoms with Gasteiger partial charge in [0.1, 0.15) is 0 Å². The van der Waals surface area contributed by atoms with Crippen LogP contribution in [0.5, 0.6) is 0 Å². The predicted molar refractivity (Wildman–Crippen MR) is 65.1 cm³/mol. The third-order valence-corrected chi connectivity index (χ3v) is 3.57. The van der Waals surface area contributed by atoms with E-state index >= 15 is 0 Å². The van der Waals surface area contributed by atoms with Crippen LogP contribution in [0.4, 0.5) is 0 Å². The summed E-state index contributed by atoms with van der Waals surface area (Å²) >= 11 is 5.07. The van der Waals surface area contributed by atoms with Crippen LogP contribution >= 0.6 is 27.3 Å². The van der Waals surface area contributed by atoms with E-state index in [-0.39, 0.29) is 12.5 Å². The monoisotopic (exact) mass is 291 g/mol. The molecule has 0 aliphatic heterocycles. The fourth-order valence-electron chi connectivity index (χ4n) is 1.14. The first-order chi connectivity index (χ1) is 7.22. The standard InChI is InChI=1S/C10H14BrNO2S/c11-9-4-3-8(15-9)5-6-12-10(14)2-1-7-13/h3-4,13H,1-2,5-7H2,(H,12,14). The van der Waals surface area contributed by atoms with E-state index in [9.17, 15) is 4.79 Å². The van der Waals surface area contributed by atoms with E-state index < -0.39 is 0 Å². The van der Waals surface area contributed by atoms with E-state index in [0.29, 0.717) is 19.4 Å². The molecule has 3 nitrogen and oxygen atoms in total. The van der Waals surface area contributed by atoms with Crippen LogP contribution in [0.15, 0.2) is 15.9 Å².